The topological polar surface area (TPSA) is 29.3 Å². The molecule has 2 N–H and O–H groups in total. The van der Waals surface area contributed by atoms with Crippen LogP contribution in [0.25, 0.3) is 0 Å². The first-order valence-corrected chi connectivity index (χ1v) is 6.72. The minimum atomic E-state index is 0. The molecule has 1 unspecified atom stereocenters. The van der Waals surface area contributed by atoms with E-state index in [0.29, 0.717) is 6.04 Å². The average Bonchev–Trinajstić information content (AvgIpc) is 2.65. The third-order valence-electron chi connectivity index (χ3n) is 3.00. The lowest BCUT2D eigenvalue weighted by Crippen LogP contribution is -2.43. The summed E-state index contributed by atoms with van der Waals surface area (Å²) in [4.78, 5) is 3.84. The van der Waals surface area contributed by atoms with Gasteiger partial charge in [0.25, 0.3) is 0 Å². The molecular formula is C11H18Cl2N2S. The van der Waals surface area contributed by atoms with Gasteiger partial charge in [0, 0.05) is 29.4 Å². The van der Waals surface area contributed by atoms with E-state index >= 15 is 0 Å². The summed E-state index contributed by atoms with van der Waals surface area (Å²) in [5.74, 6) is 0. The monoisotopic (exact) mass is 280 g/mol. The molecule has 1 atom stereocenters. The molecule has 1 aromatic rings. The summed E-state index contributed by atoms with van der Waals surface area (Å²) in [6.45, 7) is 2.97. The van der Waals surface area contributed by atoms with Gasteiger partial charge in [-0.05, 0) is 25.5 Å². The van der Waals surface area contributed by atoms with Gasteiger partial charge in [0.2, 0.25) is 0 Å². The van der Waals surface area contributed by atoms with Crippen LogP contribution in [0.2, 0.25) is 5.02 Å². The summed E-state index contributed by atoms with van der Waals surface area (Å²) in [6.07, 6.45) is 3.87. The molecule has 1 saturated heterocycles. The second-order valence-electron chi connectivity index (χ2n) is 4.09. The Hall–Kier alpha value is 0.200. The lowest BCUT2D eigenvalue weighted by atomic mass is 10.0. The standard InChI is InChI=1S/C11H17ClN2S.ClH/c12-9-5-11(15-8-9)7-14-4-2-1-3-10(14)6-13;/h5,8,10H,1-4,6-7,13H2;1H. The van der Waals surface area contributed by atoms with Gasteiger partial charge in [0.05, 0.1) is 5.02 Å². The van der Waals surface area contributed by atoms with E-state index in [9.17, 15) is 0 Å². The number of rotatable bonds is 3. The lowest BCUT2D eigenvalue weighted by molar-refractivity contribution is 0.146. The number of hydrogen-bond donors (Lipinski definition) is 1. The molecule has 16 heavy (non-hydrogen) atoms. The SMILES string of the molecule is Cl.NCC1CCCCN1Cc1cc(Cl)cs1. The summed E-state index contributed by atoms with van der Waals surface area (Å²) in [7, 11) is 0. The minimum absolute atomic E-state index is 0. The van der Waals surface area contributed by atoms with Crippen molar-refractivity contribution in [2.45, 2.75) is 31.8 Å². The predicted molar refractivity (Wildman–Crippen MR) is 73.7 cm³/mol. The van der Waals surface area contributed by atoms with Crippen molar-refractivity contribution in [1.82, 2.24) is 4.90 Å². The first-order chi connectivity index (χ1) is 7.29. The van der Waals surface area contributed by atoms with Gasteiger partial charge in [-0.25, -0.2) is 0 Å². The number of piperidine rings is 1. The summed E-state index contributed by atoms with van der Waals surface area (Å²) in [5.41, 5.74) is 5.79. The number of halogens is 2. The third kappa shape index (κ3) is 3.60. The molecule has 2 rings (SSSR count). The van der Waals surface area contributed by atoms with Crippen LogP contribution in [0.4, 0.5) is 0 Å². The molecule has 2 heterocycles. The maximum absolute atomic E-state index is 5.92. The van der Waals surface area contributed by atoms with E-state index in [1.54, 1.807) is 11.3 Å². The Bertz CT molecular complexity index is 317. The Morgan fingerprint density at radius 3 is 2.94 bits per heavy atom. The van der Waals surface area contributed by atoms with Crippen molar-refractivity contribution >= 4 is 35.3 Å². The number of thiophene rings is 1. The highest BCUT2D eigenvalue weighted by Gasteiger charge is 2.21. The first kappa shape index (κ1) is 14.3. The van der Waals surface area contributed by atoms with Crippen LogP contribution in [-0.2, 0) is 6.54 Å². The Labute approximate surface area is 112 Å². The summed E-state index contributed by atoms with van der Waals surface area (Å²) in [6, 6.07) is 2.63. The summed E-state index contributed by atoms with van der Waals surface area (Å²) >= 11 is 7.66. The van der Waals surface area contributed by atoms with Crippen LogP contribution in [0.5, 0.6) is 0 Å². The Balaban J connectivity index is 0.00000128. The normalized spacial score (nSPS) is 21.8. The zero-order valence-corrected chi connectivity index (χ0v) is 11.6. The highest BCUT2D eigenvalue weighted by atomic mass is 35.5. The largest absolute Gasteiger partial charge is 0.329 e. The molecule has 1 fully saturated rings. The molecule has 0 aliphatic carbocycles. The van der Waals surface area contributed by atoms with E-state index < -0.39 is 0 Å². The van der Waals surface area contributed by atoms with Crippen LogP contribution < -0.4 is 5.73 Å². The molecule has 0 amide bonds. The number of nitrogens with two attached hydrogens (primary N) is 1. The minimum Gasteiger partial charge on any atom is -0.329 e. The van der Waals surface area contributed by atoms with E-state index in [0.717, 1.165) is 18.1 Å². The maximum Gasteiger partial charge on any atom is 0.0516 e. The molecular weight excluding hydrogens is 263 g/mol. The van der Waals surface area contributed by atoms with Gasteiger partial charge in [0.15, 0.2) is 0 Å². The van der Waals surface area contributed by atoms with E-state index in [4.69, 9.17) is 17.3 Å². The highest BCUT2D eigenvalue weighted by molar-refractivity contribution is 7.10. The molecule has 5 heteroatoms. The van der Waals surface area contributed by atoms with E-state index in [-0.39, 0.29) is 12.4 Å². The van der Waals surface area contributed by atoms with Gasteiger partial charge in [0.1, 0.15) is 0 Å². The van der Waals surface area contributed by atoms with Crippen molar-refractivity contribution < 1.29 is 0 Å². The highest BCUT2D eigenvalue weighted by Crippen LogP contribution is 2.24. The maximum atomic E-state index is 5.92. The van der Waals surface area contributed by atoms with E-state index in [2.05, 4.69) is 11.0 Å². The molecule has 0 aromatic carbocycles. The molecule has 1 aromatic heterocycles. The molecule has 0 radical (unpaired) electrons. The summed E-state index contributed by atoms with van der Waals surface area (Å²) in [5, 5.41) is 2.86. The van der Waals surface area contributed by atoms with Crippen molar-refractivity contribution in [2.24, 2.45) is 5.73 Å². The summed E-state index contributed by atoms with van der Waals surface area (Å²) < 4.78 is 0. The van der Waals surface area contributed by atoms with Crippen LogP contribution in [0.3, 0.4) is 0 Å². The molecule has 92 valence electrons. The predicted octanol–water partition coefficient (Wildman–Crippen LogP) is 3.14. The quantitative estimate of drug-likeness (QED) is 0.922. The van der Waals surface area contributed by atoms with Crippen molar-refractivity contribution in [2.75, 3.05) is 13.1 Å². The van der Waals surface area contributed by atoms with Crippen LogP contribution in [0, 0.1) is 0 Å². The fourth-order valence-electron chi connectivity index (χ4n) is 2.17. The number of nitrogens with zero attached hydrogens (tertiary/aromatic N) is 1. The smallest absolute Gasteiger partial charge is 0.0516 e. The lowest BCUT2D eigenvalue weighted by Gasteiger charge is -2.34. The van der Waals surface area contributed by atoms with Crippen LogP contribution in [-0.4, -0.2) is 24.0 Å². The van der Waals surface area contributed by atoms with Crippen LogP contribution in [0.1, 0.15) is 24.1 Å². The van der Waals surface area contributed by atoms with Gasteiger partial charge in [-0.3, -0.25) is 4.90 Å². The van der Waals surface area contributed by atoms with Crippen molar-refractivity contribution in [3.8, 4) is 0 Å². The molecule has 0 spiro atoms. The second-order valence-corrected chi connectivity index (χ2v) is 5.52. The zero-order valence-electron chi connectivity index (χ0n) is 9.19. The van der Waals surface area contributed by atoms with Gasteiger partial charge in [-0.1, -0.05) is 18.0 Å². The average molecular weight is 281 g/mol. The third-order valence-corrected chi connectivity index (χ3v) is 4.27. The van der Waals surface area contributed by atoms with Crippen LogP contribution in [0.15, 0.2) is 11.4 Å². The number of likely N-dealkylation sites (tertiary alicyclic amines) is 1. The number of hydrogen-bond acceptors (Lipinski definition) is 3. The van der Waals surface area contributed by atoms with Crippen LogP contribution >= 0.6 is 35.3 Å². The molecule has 0 bridgehead atoms. The van der Waals surface area contributed by atoms with Crippen molar-refractivity contribution in [1.29, 1.82) is 0 Å². The Kier molecular flexibility index (Phi) is 6.08. The molecule has 0 saturated carbocycles. The zero-order chi connectivity index (χ0) is 10.7. The van der Waals surface area contributed by atoms with Gasteiger partial charge in [-0.15, -0.1) is 23.7 Å². The first-order valence-electron chi connectivity index (χ1n) is 5.46. The van der Waals surface area contributed by atoms with Gasteiger partial charge < -0.3 is 5.73 Å². The Morgan fingerprint density at radius 2 is 2.31 bits per heavy atom. The molecule has 1 aliphatic heterocycles. The van der Waals surface area contributed by atoms with E-state index in [1.165, 1.54) is 30.7 Å². The Morgan fingerprint density at radius 1 is 1.50 bits per heavy atom. The van der Waals surface area contributed by atoms with Gasteiger partial charge >= 0.3 is 0 Å². The second kappa shape index (κ2) is 6.82. The molecule has 1 aliphatic rings. The van der Waals surface area contributed by atoms with E-state index in [1.807, 2.05) is 5.38 Å². The van der Waals surface area contributed by atoms with Gasteiger partial charge in [-0.2, -0.15) is 0 Å². The fourth-order valence-corrected chi connectivity index (χ4v) is 3.27. The fraction of sp³-hybridized carbons (Fsp3) is 0.636. The molecule has 2 nitrogen and oxygen atoms in total. The van der Waals surface area contributed by atoms with Crippen molar-refractivity contribution in [3.05, 3.63) is 21.3 Å². The van der Waals surface area contributed by atoms with Crippen molar-refractivity contribution in [3.63, 3.8) is 0 Å².